The van der Waals surface area contributed by atoms with Gasteiger partial charge >= 0.3 is 12.2 Å². The molecule has 0 unspecified atom stereocenters. The first kappa shape index (κ1) is 22.7. The number of nitrogens with one attached hydrogen (secondary N) is 2. The van der Waals surface area contributed by atoms with Crippen molar-refractivity contribution in [3.05, 3.63) is 77.6 Å². The Morgan fingerprint density at radius 3 is 2.45 bits per heavy atom. The molecule has 6 nitrogen and oxygen atoms in total. The smallest absolute Gasteiger partial charge is 0.321 e. The molecule has 33 heavy (non-hydrogen) atoms. The third-order valence-corrected chi connectivity index (χ3v) is 5.94. The van der Waals surface area contributed by atoms with Gasteiger partial charge in [-0.1, -0.05) is 0 Å². The molecular formula is C23H19F3N4O2S. The van der Waals surface area contributed by atoms with Crippen LogP contribution in [-0.4, -0.2) is 29.7 Å². The molecule has 3 amide bonds. The van der Waals surface area contributed by atoms with Crippen molar-refractivity contribution in [3.8, 4) is 0 Å². The molecule has 1 aliphatic rings. The van der Waals surface area contributed by atoms with Crippen molar-refractivity contribution in [1.29, 1.82) is 0 Å². The van der Waals surface area contributed by atoms with Crippen molar-refractivity contribution in [3.63, 3.8) is 0 Å². The summed E-state index contributed by atoms with van der Waals surface area (Å²) in [6.07, 6.45) is 0.674. The van der Waals surface area contributed by atoms with Crippen LogP contribution in [-0.2, 0) is 12.6 Å². The molecule has 0 radical (unpaired) electrons. The SMILES string of the molecule is CSc1cc2c(cc1C(F)(F)F)N(C(=O)Nc1ccc(C(=O)Nc3cccnc3)cc1)CC2. The van der Waals surface area contributed by atoms with Gasteiger partial charge in [-0.25, -0.2) is 4.79 Å². The highest BCUT2D eigenvalue weighted by Gasteiger charge is 2.36. The lowest BCUT2D eigenvalue weighted by molar-refractivity contribution is -0.139. The number of fused-ring (bicyclic) bond motifs is 1. The second-order valence-electron chi connectivity index (χ2n) is 7.28. The van der Waals surface area contributed by atoms with Crippen LogP contribution < -0.4 is 15.5 Å². The number of carbonyl (C=O) groups excluding carboxylic acids is 2. The van der Waals surface area contributed by atoms with Crippen molar-refractivity contribution in [2.75, 3.05) is 28.3 Å². The Bertz CT molecular complexity index is 1180. The molecular weight excluding hydrogens is 453 g/mol. The van der Waals surface area contributed by atoms with Crippen molar-refractivity contribution in [2.45, 2.75) is 17.5 Å². The molecule has 1 aromatic heterocycles. The molecule has 0 saturated carbocycles. The monoisotopic (exact) mass is 472 g/mol. The van der Waals surface area contributed by atoms with Crippen LogP contribution in [0.2, 0.25) is 0 Å². The first-order valence-corrected chi connectivity index (χ1v) is 11.2. The third kappa shape index (κ3) is 4.95. The lowest BCUT2D eigenvalue weighted by Crippen LogP contribution is -2.33. The molecule has 2 heterocycles. The predicted molar refractivity (Wildman–Crippen MR) is 122 cm³/mol. The van der Waals surface area contributed by atoms with Gasteiger partial charge in [0, 0.05) is 34.6 Å². The van der Waals surface area contributed by atoms with E-state index >= 15 is 0 Å². The number of aromatic nitrogens is 1. The summed E-state index contributed by atoms with van der Waals surface area (Å²) in [6.45, 7) is 0.280. The van der Waals surface area contributed by atoms with E-state index in [9.17, 15) is 22.8 Å². The van der Waals surface area contributed by atoms with Gasteiger partial charge in [0.05, 0.1) is 17.4 Å². The van der Waals surface area contributed by atoms with E-state index < -0.39 is 17.8 Å². The summed E-state index contributed by atoms with van der Waals surface area (Å²) in [5, 5.41) is 5.40. The fraction of sp³-hybridized carbons (Fsp3) is 0.174. The summed E-state index contributed by atoms with van der Waals surface area (Å²) >= 11 is 1.03. The zero-order valence-corrected chi connectivity index (χ0v) is 18.3. The molecule has 0 fully saturated rings. The highest BCUT2D eigenvalue weighted by Crippen LogP contribution is 2.42. The first-order valence-electron chi connectivity index (χ1n) is 9.94. The van der Waals surface area contributed by atoms with Gasteiger partial charge < -0.3 is 10.6 Å². The average molecular weight is 472 g/mol. The van der Waals surface area contributed by atoms with Crippen LogP contribution in [0.3, 0.4) is 0 Å². The molecule has 0 saturated heterocycles. The minimum absolute atomic E-state index is 0.142. The van der Waals surface area contributed by atoms with E-state index in [-0.39, 0.29) is 23.0 Å². The number of hydrogen-bond donors (Lipinski definition) is 2. The number of amides is 3. The topological polar surface area (TPSA) is 74.3 Å². The Morgan fingerprint density at radius 1 is 1.06 bits per heavy atom. The number of nitrogens with zero attached hydrogens (tertiary/aromatic N) is 2. The number of thioether (sulfide) groups is 1. The van der Waals surface area contributed by atoms with Crippen LogP contribution in [0.4, 0.5) is 35.0 Å². The number of benzene rings is 2. The van der Waals surface area contributed by atoms with E-state index in [2.05, 4.69) is 15.6 Å². The number of pyridine rings is 1. The maximum atomic E-state index is 13.5. The van der Waals surface area contributed by atoms with Crippen LogP contribution in [0, 0.1) is 0 Å². The maximum Gasteiger partial charge on any atom is 0.417 e. The van der Waals surface area contributed by atoms with E-state index in [1.165, 1.54) is 17.2 Å². The average Bonchev–Trinajstić information content (AvgIpc) is 3.22. The van der Waals surface area contributed by atoms with Crippen LogP contribution in [0.15, 0.2) is 65.8 Å². The fourth-order valence-electron chi connectivity index (χ4n) is 3.55. The number of urea groups is 1. The molecule has 170 valence electrons. The fourth-order valence-corrected chi connectivity index (χ4v) is 4.21. The molecule has 10 heteroatoms. The summed E-state index contributed by atoms with van der Waals surface area (Å²) in [4.78, 5) is 30.5. The number of alkyl halides is 3. The van der Waals surface area contributed by atoms with E-state index in [0.717, 1.165) is 17.8 Å². The number of halogens is 3. The lowest BCUT2D eigenvalue weighted by Gasteiger charge is -2.20. The minimum atomic E-state index is -4.51. The normalized spacial score (nSPS) is 12.9. The van der Waals surface area contributed by atoms with Crippen molar-refractivity contribution in [1.82, 2.24) is 4.98 Å². The Labute approximate surface area is 192 Å². The quantitative estimate of drug-likeness (QED) is 0.480. The lowest BCUT2D eigenvalue weighted by atomic mass is 10.1. The molecule has 4 rings (SSSR count). The Hall–Kier alpha value is -3.53. The van der Waals surface area contributed by atoms with Gasteiger partial charge in [-0.15, -0.1) is 11.8 Å². The van der Waals surface area contributed by atoms with E-state index in [1.807, 2.05) is 0 Å². The van der Waals surface area contributed by atoms with Crippen molar-refractivity contribution in [2.24, 2.45) is 0 Å². The van der Waals surface area contributed by atoms with E-state index in [1.54, 1.807) is 48.9 Å². The van der Waals surface area contributed by atoms with Gasteiger partial charge in [-0.05, 0) is 66.8 Å². The number of rotatable bonds is 4. The van der Waals surface area contributed by atoms with Gasteiger partial charge in [0.15, 0.2) is 0 Å². The van der Waals surface area contributed by atoms with Crippen LogP contribution in [0.5, 0.6) is 0 Å². The predicted octanol–water partition coefficient (Wildman–Crippen LogP) is 5.67. The van der Waals surface area contributed by atoms with Gasteiger partial charge in [0.25, 0.3) is 5.91 Å². The van der Waals surface area contributed by atoms with Crippen LogP contribution in [0.25, 0.3) is 0 Å². The summed E-state index contributed by atoms with van der Waals surface area (Å²) in [5.74, 6) is -0.335. The molecule has 0 atom stereocenters. The highest BCUT2D eigenvalue weighted by molar-refractivity contribution is 7.98. The van der Waals surface area contributed by atoms with Crippen LogP contribution in [0.1, 0.15) is 21.5 Å². The van der Waals surface area contributed by atoms with Crippen molar-refractivity contribution < 1.29 is 22.8 Å². The molecule has 1 aliphatic heterocycles. The number of carbonyl (C=O) groups is 2. The zero-order chi connectivity index (χ0) is 23.6. The third-order valence-electron chi connectivity index (χ3n) is 5.16. The first-order chi connectivity index (χ1) is 15.8. The Morgan fingerprint density at radius 2 is 1.82 bits per heavy atom. The summed E-state index contributed by atoms with van der Waals surface area (Å²) in [7, 11) is 0. The molecule has 2 aromatic carbocycles. The second-order valence-corrected chi connectivity index (χ2v) is 8.13. The van der Waals surface area contributed by atoms with Gasteiger partial charge in [0.1, 0.15) is 0 Å². The summed E-state index contributed by atoms with van der Waals surface area (Å²) in [5.41, 5.74) is 1.55. The van der Waals surface area contributed by atoms with Gasteiger partial charge in [0.2, 0.25) is 0 Å². The van der Waals surface area contributed by atoms with E-state index in [0.29, 0.717) is 28.9 Å². The molecule has 0 aliphatic carbocycles. The van der Waals surface area contributed by atoms with Crippen LogP contribution >= 0.6 is 11.8 Å². The second kappa shape index (κ2) is 9.14. The zero-order valence-electron chi connectivity index (χ0n) is 17.4. The molecule has 3 aromatic rings. The highest BCUT2D eigenvalue weighted by atomic mass is 32.2. The molecule has 0 spiro atoms. The summed E-state index contributed by atoms with van der Waals surface area (Å²) < 4.78 is 40.4. The number of hydrogen-bond acceptors (Lipinski definition) is 4. The minimum Gasteiger partial charge on any atom is -0.321 e. The van der Waals surface area contributed by atoms with Gasteiger partial charge in [-0.3, -0.25) is 14.7 Å². The van der Waals surface area contributed by atoms with E-state index in [4.69, 9.17) is 0 Å². The number of anilines is 3. The molecule has 2 N–H and O–H groups in total. The molecule has 0 bridgehead atoms. The standard InChI is InChI=1S/C23H19F3N4O2S/c1-33-20-11-15-8-10-30(19(15)12-18(20)23(24,25)26)22(32)29-16-6-4-14(5-7-16)21(31)28-17-3-2-9-27-13-17/h2-7,9,11-13H,8,10H2,1H3,(H,28,31)(H,29,32). The largest absolute Gasteiger partial charge is 0.417 e. The Kier molecular flexibility index (Phi) is 6.28. The van der Waals surface area contributed by atoms with Crippen molar-refractivity contribution >= 4 is 40.8 Å². The summed E-state index contributed by atoms with van der Waals surface area (Å²) in [6, 6.07) is 11.6. The maximum absolute atomic E-state index is 13.5. The van der Waals surface area contributed by atoms with Gasteiger partial charge in [-0.2, -0.15) is 13.2 Å². The Balaban J connectivity index is 1.47.